The minimum Gasteiger partial charge on any atom is -0.481 e. The van der Waals surface area contributed by atoms with Gasteiger partial charge < -0.3 is 19.9 Å². The summed E-state index contributed by atoms with van der Waals surface area (Å²) in [5.74, 6) is -0.806. The number of imidazole rings is 1. The number of likely N-dealkylation sites (tertiary alicyclic amines) is 1. The number of rotatable bonds is 11. The fourth-order valence-electron chi connectivity index (χ4n) is 5.01. The third-order valence-corrected chi connectivity index (χ3v) is 7.97. The molecule has 0 bridgehead atoms. The smallest absolute Gasteiger partial charge is 0.310 e. The van der Waals surface area contributed by atoms with Crippen LogP contribution in [-0.2, 0) is 16.0 Å². The maximum absolute atomic E-state index is 13.3. The quantitative estimate of drug-likeness (QED) is 0.377. The Morgan fingerprint density at radius 1 is 1.16 bits per heavy atom. The van der Waals surface area contributed by atoms with Crippen molar-refractivity contribution >= 4 is 40.2 Å². The Balaban J connectivity index is 1.58. The van der Waals surface area contributed by atoms with Crippen LogP contribution >= 0.6 is 11.3 Å². The molecule has 198 valence electrons. The number of aliphatic carboxylic acids is 1. The summed E-state index contributed by atoms with van der Waals surface area (Å²) in [6.45, 7) is 8.72. The molecule has 3 heterocycles. The number of nitrogens with one attached hydrogen (secondary N) is 1. The van der Waals surface area contributed by atoms with E-state index in [9.17, 15) is 14.4 Å². The minimum atomic E-state index is -0.895. The van der Waals surface area contributed by atoms with Crippen molar-refractivity contribution in [2.24, 2.45) is 11.8 Å². The van der Waals surface area contributed by atoms with Crippen LogP contribution < -0.4 is 5.32 Å². The molecule has 2 N–H and O–H groups in total. The summed E-state index contributed by atoms with van der Waals surface area (Å²) in [5, 5.41) is 14.1. The van der Waals surface area contributed by atoms with Crippen molar-refractivity contribution in [2.45, 2.75) is 65.5 Å². The fourth-order valence-corrected chi connectivity index (χ4v) is 5.72. The number of fused-ring (bicyclic) bond motifs is 1. The first-order valence-corrected chi connectivity index (χ1v) is 13.9. The van der Waals surface area contributed by atoms with Gasteiger partial charge in [0.05, 0.1) is 17.0 Å². The lowest BCUT2D eigenvalue weighted by molar-refractivity contribution is -0.153. The third kappa shape index (κ3) is 5.87. The van der Waals surface area contributed by atoms with Crippen molar-refractivity contribution < 1.29 is 19.5 Å². The lowest BCUT2D eigenvalue weighted by Crippen LogP contribution is -2.59. The largest absolute Gasteiger partial charge is 0.481 e. The van der Waals surface area contributed by atoms with E-state index in [1.807, 2.05) is 32.0 Å². The average molecular weight is 525 g/mol. The Labute approximate surface area is 221 Å². The topological polar surface area (TPSA) is 105 Å². The van der Waals surface area contributed by atoms with Crippen LogP contribution in [0, 0.1) is 11.8 Å². The normalized spacial score (nSPS) is 14.8. The van der Waals surface area contributed by atoms with E-state index in [1.165, 1.54) is 9.78 Å². The lowest BCUT2D eigenvalue weighted by atomic mass is 9.96. The van der Waals surface area contributed by atoms with Crippen molar-refractivity contribution in [3.63, 3.8) is 0 Å². The number of carbonyl (C=O) groups excluding carboxylic acids is 2. The molecule has 0 saturated carbocycles. The van der Waals surface area contributed by atoms with E-state index in [2.05, 4.69) is 35.2 Å². The summed E-state index contributed by atoms with van der Waals surface area (Å²) in [7, 11) is 0. The number of hydrogen-bond acceptors (Lipinski definition) is 5. The molecule has 1 fully saturated rings. The van der Waals surface area contributed by atoms with Gasteiger partial charge in [-0.15, -0.1) is 11.3 Å². The van der Waals surface area contributed by atoms with Gasteiger partial charge in [0.1, 0.15) is 11.9 Å². The van der Waals surface area contributed by atoms with Crippen molar-refractivity contribution in [1.82, 2.24) is 19.8 Å². The van der Waals surface area contributed by atoms with Gasteiger partial charge in [0.2, 0.25) is 5.91 Å². The molecule has 0 radical (unpaired) electrons. The highest BCUT2D eigenvalue weighted by molar-refractivity contribution is 7.09. The second-order valence-electron chi connectivity index (χ2n) is 10.3. The lowest BCUT2D eigenvalue weighted by Gasteiger charge is -2.39. The molecule has 0 spiro atoms. The van der Waals surface area contributed by atoms with E-state index < -0.39 is 17.9 Å². The predicted octanol–water partition coefficient (Wildman–Crippen LogP) is 4.74. The standard InChI is InChI=1S/C28H36N4O4S/c1-5-20(6-2)32-24-10-9-18(13-22(24)29-25(32)14-21-8-7-11-37-21)26(33)30-23(12-17(3)4)27(34)31-15-19(16-31)28(35)36/h7-11,13,17,19-20,23H,5-6,12,14-16H2,1-4H3,(H,30,33)(H,35,36). The molecule has 37 heavy (non-hydrogen) atoms. The zero-order valence-corrected chi connectivity index (χ0v) is 22.8. The highest BCUT2D eigenvalue weighted by Gasteiger charge is 2.39. The molecular formula is C28H36N4O4S. The summed E-state index contributed by atoms with van der Waals surface area (Å²) in [4.78, 5) is 45.2. The van der Waals surface area contributed by atoms with E-state index in [4.69, 9.17) is 10.1 Å². The maximum atomic E-state index is 13.3. The Morgan fingerprint density at radius 2 is 1.89 bits per heavy atom. The van der Waals surface area contributed by atoms with Crippen molar-refractivity contribution in [3.05, 3.63) is 52.0 Å². The summed E-state index contributed by atoms with van der Waals surface area (Å²) in [5.41, 5.74) is 2.23. The number of carbonyl (C=O) groups is 3. The molecule has 0 aliphatic carbocycles. The van der Waals surface area contributed by atoms with Gasteiger partial charge in [-0.3, -0.25) is 14.4 Å². The third-order valence-electron chi connectivity index (χ3n) is 7.10. The van der Waals surface area contributed by atoms with E-state index in [0.29, 0.717) is 18.0 Å². The fraction of sp³-hybridized carbons (Fsp3) is 0.500. The van der Waals surface area contributed by atoms with E-state index in [-0.39, 0.29) is 30.8 Å². The van der Waals surface area contributed by atoms with Crippen LogP contribution in [0.15, 0.2) is 35.7 Å². The van der Waals surface area contributed by atoms with Crippen molar-refractivity contribution in [2.75, 3.05) is 13.1 Å². The summed E-state index contributed by atoms with van der Waals surface area (Å²) < 4.78 is 2.31. The summed E-state index contributed by atoms with van der Waals surface area (Å²) in [6.07, 6.45) is 3.19. The average Bonchev–Trinajstić information content (AvgIpc) is 3.45. The van der Waals surface area contributed by atoms with Crippen LogP contribution in [0.5, 0.6) is 0 Å². The molecule has 4 rings (SSSR count). The first-order chi connectivity index (χ1) is 17.7. The van der Waals surface area contributed by atoms with Crippen LogP contribution in [0.3, 0.4) is 0 Å². The first-order valence-electron chi connectivity index (χ1n) is 13.1. The maximum Gasteiger partial charge on any atom is 0.310 e. The van der Waals surface area contributed by atoms with E-state index in [0.717, 1.165) is 36.1 Å². The van der Waals surface area contributed by atoms with Crippen LogP contribution in [0.4, 0.5) is 0 Å². The monoisotopic (exact) mass is 524 g/mol. The van der Waals surface area contributed by atoms with E-state index >= 15 is 0 Å². The Kier molecular flexibility index (Phi) is 8.32. The molecule has 1 aliphatic rings. The van der Waals surface area contributed by atoms with Gasteiger partial charge in [0.15, 0.2) is 0 Å². The minimum absolute atomic E-state index is 0.184. The van der Waals surface area contributed by atoms with Crippen LogP contribution in [0.2, 0.25) is 0 Å². The SMILES string of the molecule is CCC(CC)n1c(Cc2cccs2)nc2cc(C(=O)NC(CC(C)C)C(=O)N3CC(C(=O)O)C3)ccc21. The number of carboxylic acid groups (broad SMARTS) is 1. The summed E-state index contributed by atoms with van der Waals surface area (Å²) in [6, 6.07) is 9.34. The van der Waals surface area contributed by atoms with Crippen molar-refractivity contribution in [3.8, 4) is 0 Å². The molecule has 2 amide bonds. The zero-order chi connectivity index (χ0) is 26.7. The van der Waals surface area contributed by atoms with Gasteiger partial charge in [-0.05, 0) is 54.8 Å². The Hall–Kier alpha value is -3.20. The number of aromatic nitrogens is 2. The molecule has 2 aromatic heterocycles. The number of benzene rings is 1. The molecule has 1 aromatic carbocycles. The second-order valence-corrected chi connectivity index (χ2v) is 11.3. The molecular weight excluding hydrogens is 488 g/mol. The van der Waals surface area contributed by atoms with Crippen LogP contribution in [0.25, 0.3) is 11.0 Å². The number of hydrogen-bond donors (Lipinski definition) is 2. The predicted molar refractivity (Wildman–Crippen MR) is 145 cm³/mol. The second kappa shape index (κ2) is 11.5. The van der Waals surface area contributed by atoms with Crippen molar-refractivity contribution in [1.29, 1.82) is 0 Å². The molecule has 1 unspecified atom stereocenters. The van der Waals surface area contributed by atoms with Gasteiger partial charge >= 0.3 is 5.97 Å². The molecule has 9 heteroatoms. The van der Waals surface area contributed by atoms with Gasteiger partial charge in [-0.1, -0.05) is 33.8 Å². The molecule has 3 aromatic rings. The highest BCUT2D eigenvalue weighted by atomic mass is 32.1. The highest BCUT2D eigenvalue weighted by Crippen LogP contribution is 2.28. The molecule has 1 aliphatic heterocycles. The van der Waals surface area contributed by atoms with Gasteiger partial charge in [-0.25, -0.2) is 4.98 Å². The number of amides is 2. The van der Waals surface area contributed by atoms with Gasteiger partial charge in [0, 0.05) is 36.0 Å². The van der Waals surface area contributed by atoms with Gasteiger partial charge in [-0.2, -0.15) is 0 Å². The Bertz CT molecular complexity index is 1260. The Morgan fingerprint density at radius 3 is 2.49 bits per heavy atom. The van der Waals surface area contributed by atoms with E-state index in [1.54, 1.807) is 17.4 Å². The number of thiophene rings is 1. The first kappa shape index (κ1) is 26.9. The molecule has 1 saturated heterocycles. The molecule has 1 atom stereocenters. The van der Waals surface area contributed by atoms with Crippen LogP contribution in [0.1, 0.15) is 74.1 Å². The zero-order valence-electron chi connectivity index (χ0n) is 21.9. The van der Waals surface area contributed by atoms with Gasteiger partial charge in [0.25, 0.3) is 5.91 Å². The summed E-state index contributed by atoms with van der Waals surface area (Å²) >= 11 is 1.71. The van der Waals surface area contributed by atoms with Crippen LogP contribution in [-0.4, -0.2) is 56.5 Å². The number of nitrogens with zero attached hydrogens (tertiary/aromatic N) is 3. The number of carboxylic acids is 1. The molecule has 8 nitrogen and oxygen atoms in total.